The topological polar surface area (TPSA) is 35.0 Å². The summed E-state index contributed by atoms with van der Waals surface area (Å²) in [6.07, 6.45) is 3.98. The van der Waals surface area contributed by atoms with Crippen LogP contribution in [-0.4, -0.2) is 17.1 Å². The summed E-state index contributed by atoms with van der Waals surface area (Å²) < 4.78 is 5.19. The predicted octanol–water partition coefficient (Wildman–Crippen LogP) is 5.41. The largest absolute Gasteiger partial charge is 0.497 e. The van der Waals surface area contributed by atoms with Gasteiger partial charge in [-0.2, -0.15) is 0 Å². The van der Waals surface area contributed by atoms with Gasteiger partial charge in [0, 0.05) is 28.4 Å². The van der Waals surface area contributed by atoms with Crippen LogP contribution in [-0.2, 0) is 6.42 Å². The standard InChI is InChI=1S/C18H18N2OS.BrH/c1-3-4-15-11-14(9-10-19-15)18-20-17(12-22-18)13-5-7-16(21-2)8-6-13;/h5-12H,3-4H2,1-2H3;1H. The fraction of sp³-hybridized carbons (Fsp3) is 0.222. The lowest BCUT2D eigenvalue weighted by Crippen LogP contribution is -1.89. The summed E-state index contributed by atoms with van der Waals surface area (Å²) >= 11 is 1.66. The van der Waals surface area contributed by atoms with Gasteiger partial charge < -0.3 is 4.74 Å². The second kappa shape index (κ2) is 8.22. The normalized spacial score (nSPS) is 10.2. The number of aryl methyl sites for hydroxylation is 1. The van der Waals surface area contributed by atoms with Crippen LogP contribution in [0.25, 0.3) is 21.8 Å². The molecule has 0 saturated heterocycles. The van der Waals surface area contributed by atoms with E-state index in [0.29, 0.717) is 0 Å². The summed E-state index contributed by atoms with van der Waals surface area (Å²) in [6, 6.07) is 12.1. The Morgan fingerprint density at radius 1 is 1.09 bits per heavy atom. The average Bonchev–Trinajstić information content (AvgIpc) is 3.06. The minimum atomic E-state index is 0. The Hall–Kier alpha value is -1.72. The van der Waals surface area contributed by atoms with Gasteiger partial charge in [-0.1, -0.05) is 13.3 Å². The summed E-state index contributed by atoms with van der Waals surface area (Å²) in [7, 11) is 1.67. The van der Waals surface area contributed by atoms with Gasteiger partial charge in [0.1, 0.15) is 10.8 Å². The van der Waals surface area contributed by atoms with Crippen molar-refractivity contribution in [2.24, 2.45) is 0 Å². The van der Waals surface area contributed by atoms with Crippen LogP contribution in [0.15, 0.2) is 48.0 Å². The van der Waals surface area contributed by atoms with E-state index in [-0.39, 0.29) is 17.0 Å². The Bertz CT molecular complexity index is 756. The Labute approximate surface area is 151 Å². The van der Waals surface area contributed by atoms with Crippen LogP contribution >= 0.6 is 28.3 Å². The summed E-state index contributed by atoms with van der Waals surface area (Å²) in [5, 5.41) is 3.13. The molecule has 0 spiro atoms. The maximum absolute atomic E-state index is 5.19. The summed E-state index contributed by atoms with van der Waals surface area (Å²) in [5.41, 5.74) is 4.37. The molecule has 1 aromatic carbocycles. The summed E-state index contributed by atoms with van der Waals surface area (Å²) in [6.45, 7) is 2.17. The zero-order valence-corrected chi connectivity index (χ0v) is 15.7. The van der Waals surface area contributed by atoms with Gasteiger partial charge in [0.05, 0.1) is 12.8 Å². The van der Waals surface area contributed by atoms with Crippen molar-refractivity contribution in [3.05, 3.63) is 53.7 Å². The summed E-state index contributed by atoms with van der Waals surface area (Å²) in [5.74, 6) is 0.859. The first kappa shape index (κ1) is 17.6. The summed E-state index contributed by atoms with van der Waals surface area (Å²) in [4.78, 5) is 9.16. The highest BCUT2D eigenvalue weighted by atomic mass is 79.9. The molecule has 0 N–H and O–H groups in total. The number of aromatic nitrogens is 2. The van der Waals surface area contributed by atoms with Gasteiger partial charge in [-0.3, -0.25) is 4.98 Å². The molecule has 2 heterocycles. The molecule has 0 amide bonds. The van der Waals surface area contributed by atoms with Gasteiger partial charge in [-0.15, -0.1) is 28.3 Å². The van der Waals surface area contributed by atoms with Crippen molar-refractivity contribution in [2.45, 2.75) is 19.8 Å². The van der Waals surface area contributed by atoms with Crippen LogP contribution in [0, 0.1) is 0 Å². The molecule has 0 aliphatic heterocycles. The molecule has 3 aromatic rings. The molecule has 3 nitrogen and oxygen atoms in total. The van der Waals surface area contributed by atoms with E-state index in [9.17, 15) is 0 Å². The smallest absolute Gasteiger partial charge is 0.124 e. The Kier molecular flexibility index (Phi) is 6.30. The lowest BCUT2D eigenvalue weighted by molar-refractivity contribution is 0.415. The number of pyridine rings is 1. The van der Waals surface area contributed by atoms with E-state index in [1.165, 1.54) is 0 Å². The van der Waals surface area contributed by atoms with Gasteiger partial charge in [0.2, 0.25) is 0 Å². The second-order valence-electron chi connectivity index (χ2n) is 5.05. The number of ether oxygens (including phenoxy) is 1. The van der Waals surface area contributed by atoms with Gasteiger partial charge in [0.15, 0.2) is 0 Å². The lowest BCUT2D eigenvalue weighted by atomic mass is 10.1. The van der Waals surface area contributed by atoms with Crippen molar-refractivity contribution in [1.82, 2.24) is 9.97 Å². The third kappa shape index (κ3) is 4.18. The van der Waals surface area contributed by atoms with Crippen LogP contribution in [0.3, 0.4) is 0 Å². The van der Waals surface area contributed by atoms with Crippen molar-refractivity contribution >= 4 is 28.3 Å². The zero-order valence-electron chi connectivity index (χ0n) is 13.2. The highest BCUT2D eigenvalue weighted by Gasteiger charge is 2.08. The van der Waals surface area contributed by atoms with Crippen LogP contribution in [0.2, 0.25) is 0 Å². The highest BCUT2D eigenvalue weighted by molar-refractivity contribution is 8.93. The molecule has 0 aliphatic carbocycles. The maximum atomic E-state index is 5.19. The van der Waals surface area contributed by atoms with Gasteiger partial charge in [0.25, 0.3) is 0 Å². The highest BCUT2D eigenvalue weighted by Crippen LogP contribution is 2.29. The van der Waals surface area contributed by atoms with Crippen molar-refractivity contribution < 1.29 is 4.74 Å². The number of hydrogen-bond acceptors (Lipinski definition) is 4. The van der Waals surface area contributed by atoms with Crippen LogP contribution in [0.5, 0.6) is 5.75 Å². The van der Waals surface area contributed by atoms with Crippen LogP contribution in [0.4, 0.5) is 0 Å². The zero-order chi connectivity index (χ0) is 15.4. The molecule has 23 heavy (non-hydrogen) atoms. The molecule has 3 rings (SSSR count). The maximum Gasteiger partial charge on any atom is 0.124 e. The van der Waals surface area contributed by atoms with Gasteiger partial charge in [-0.25, -0.2) is 4.98 Å². The number of methoxy groups -OCH3 is 1. The number of hydrogen-bond donors (Lipinski definition) is 0. The van der Waals surface area contributed by atoms with Crippen molar-refractivity contribution in [2.75, 3.05) is 7.11 Å². The molecule has 0 unspecified atom stereocenters. The fourth-order valence-electron chi connectivity index (χ4n) is 2.30. The van der Waals surface area contributed by atoms with Crippen molar-refractivity contribution in [1.29, 1.82) is 0 Å². The van der Waals surface area contributed by atoms with Gasteiger partial charge in [-0.05, 0) is 42.8 Å². The first-order valence-corrected chi connectivity index (χ1v) is 8.23. The third-order valence-corrected chi connectivity index (χ3v) is 4.35. The molecule has 120 valence electrons. The van der Waals surface area contributed by atoms with E-state index in [1.54, 1.807) is 18.4 Å². The minimum absolute atomic E-state index is 0. The first-order valence-electron chi connectivity index (χ1n) is 7.35. The number of rotatable bonds is 5. The molecular formula is C18H19BrN2OS. The molecule has 0 saturated carbocycles. The van der Waals surface area contributed by atoms with E-state index >= 15 is 0 Å². The molecule has 5 heteroatoms. The SMILES string of the molecule is Br.CCCc1cc(-c2nc(-c3ccc(OC)cc3)cs2)ccn1. The van der Waals surface area contributed by atoms with Crippen molar-refractivity contribution in [3.63, 3.8) is 0 Å². The van der Waals surface area contributed by atoms with E-state index < -0.39 is 0 Å². The third-order valence-electron chi connectivity index (χ3n) is 3.46. The molecule has 0 aliphatic rings. The molecule has 0 radical (unpaired) electrons. The van der Waals surface area contributed by atoms with E-state index in [4.69, 9.17) is 9.72 Å². The van der Waals surface area contributed by atoms with E-state index in [2.05, 4.69) is 23.4 Å². The Morgan fingerprint density at radius 2 is 1.87 bits per heavy atom. The Balaban J connectivity index is 0.00000192. The fourth-order valence-corrected chi connectivity index (χ4v) is 3.13. The van der Waals surface area contributed by atoms with E-state index in [1.807, 2.05) is 36.5 Å². The second-order valence-corrected chi connectivity index (χ2v) is 5.91. The average molecular weight is 391 g/mol. The Morgan fingerprint density at radius 3 is 2.57 bits per heavy atom. The quantitative estimate of drug-likeness (QED) is 0.583. The predicted molar refractivity (Wildman–Crippen MR) is 102 cm³/mol. The first-order chi connectivity index (χ1) is 10.8. The van der Waals surface area contributed by atoms with Crippen LogP contribution in [0.1, 0.15) is 19.0 Å². The molecular weight excluding hydrogens is 372 g/mol. The number of halogens is 1. The number of benzene rings is 1. The van der Waals surface area contributed by atoms with E-state index in [0.717, 1.165) is 46.1 Å². The monoisotopic (exact) mass is 390 g/mol. The van der Waals surface area contributed by atoms with Crippen molar-refractivity contribution in [3.8, 4) is 27.6 Å². The minimum Gasteiger partial charge on any atom is -0.497 e. The van der Waals surface area contributed by atoms with Gasteiger partial charge >= 0.3 is 0 Å². The number of thiazole rings is 1. The lowest BCUT2D eigenvalue weighted by Gasteiger charge is -2.01. The molecule has 0 bridgehead atoms. The molecule has 2 aromatic heterocycles. The molecule has 0 fully saturated rings. The number of nitrogens with zero attached hydrogens (tertiary/aromatic N) is 2. The molecule has 0 atom stereocenters. The van der Waals surface area contributed by atoms with Crippen LogP contribution < -0.4 is 4.74 Å².